The van der Waals surface area contributed by atoms with E-state index in [9.17, 15) is 14.7 Å². The summed E-state index contributed by atoms with van der Waals surface area (Å²) in [5.41, 5.74) is 4.81. The van der Waals surface area contributed by atoms with Gasteiger partial charge in [0.05, 0.1) is 21.3 Å². The molecule has 1 aliphatic heterocycles. The Labute approximate surface area is 258 Å². The molecule has 2 amide bonds. The van der Waals surface area contributed by atoms with Gasteiger partial charge in [0, 0.05) is 54.3 Å². The Hall–Kier alpha value is -3.99. The third kappa shape index (κ3) is 5.24. The fourth-order valence-corrected chi connectivity index (χ4v) is 6.83. The van der Waals surface area contributed by atoms with Crippen LogP contribution < -0.4 is 4.90 Å². The molecule has 0 saturated carbocycles. The molecule has 1 saturated heterocycles. The van der Waals surface area contributed by atoms with Crippen molar-refractivity contribution in [1.29, 1.82) is 0 Å². The van der Waals surface area contributed by atoms with Crippen LogP contribution in [0.2, 0.25) is 5.02 Å². The molecular weight excluding hydrogens is 586 g/mol. The summed E-state index contributed by atoms with van der Waals surface area (Å²) < 4.78 is 8.77. The molecule has 3 heterocycles. The van der Waals surface area contributed by atoms with Crippen molar-refractivity contribution in [2.45, 2.75) is 39.4 Å². The van der Waals surface area contributed by atoms with Crippen LogP contribution in [0.15, 0.2) is 48.5 Å². The van der Waals surface area contributed by atoms with Gasteiger partial charge >= 0.3 is 12.0 Å². The summed E-state index contributed by atoms with van der Waals surface area (Å²) in [7, 11) is 3.66. The number of aliphatic carboxylic acids is 1. The van der Waals surface area contributed by atoms with E-state index in [1.807, 2.05) is 71.1 Å². The highest BCUT2D eigenvalue weighted by molar-refractivity contribution is 7.22. The van der Waals surface area contributed by atoms with E-state index in [2.05, 4.69) is 5.10 Å². The van der Waals surface area contributed by atoms with E-state index in [1.54, 1.807) is 33.7 Å². The second-order valence-electron chi connectivity index (χ2n) is 11.8. The molecule has 6 rings (SSSR count). The van der Waals surface area contributed by atoms with Crippen molar-refractivity contribution in [1.82, 2.24) is 19.7 Å². The monoisotopic (exact) mass is 617 g/mol. The third-order valence-corrected chi connectivity index (χ3v) is 8.96. The van der Waals surface area contributed by atoms with Crippen molar-refractivity contribution in [2.24, 2.45) is 7.05 Å². The summed E-state index contributed by atoms with van der Waals surface area (Å²) in [6.07, 6.45) is -1.19. The minimum atomic E-state index is -1.19. The molecule has 9 nitrogen and oxygen atoms in total. The fourth-order valence-electron chi connectivity index (χ4n) is 5.59. The van der Waals surface area contributed by atoms with Gasteiger partial charge in [-0.15, -0.1) is 11.3 Å². The molecule has 0 aliphatic carbocycles. The molecule has 0 unspecified atom stereocenters. The van der Waals surface area contributed by atoms with E-state index in [0.717, 1.165) is 48.4 Å². The van der Waals surface area contributed by atoms with Crippen molar-refractivity contribution in [3.63, 3.8) is 0 Å². The van der Waals surface area contributed by atoms with Gasteiger partial charge in [0.1, 0.15) is 5.01 Å². The summed E-state index contributed by atoms with van der Waals surface area (Å²) in [6, 6.07) is 15.3. The average molecular weight is 618 g/mol. The van der Waals surface area contributed by atoms with Crippen LogP contribution in [0.25, 0.3) is 42.8 Å². The zero-order valence-electron chi connectivity index (χ0n) is 24.8. The number of rotatable bonds is 6. The van der Waals surface area contributed by atoms with Crippen molar-refractivity contribution >= 4 is 61.9 Å². The number of benzene rings is 3. The van der Waals surface area contributed by atoms with E-state index in [1.165, 1.54) is 11.3 Å². The van der Waals surface area contributed by atoms with E-state index in [4.69, 9.17) is 21.3 Å². The number of likely N-dealkylation sites (N-methyl/N-ethyl adjacent to an activating group) is 1. The van der Waals surface area contributed by atoms with E-state index in [-0.39, 0.29) is 6.03 Å². The predicted octanol–water partition coefficient (Wildman–Crippen LogP) is 7.29. The van der Waals surface area contributed by atoms with Crippen molar-refractivity contribution in [2.75, 3.05) is 25.0 Å². The van der Waals surface area contributed by atoms with E-state index < -0.39 is 17.7 Å². The zero-order chi connectivity index (χ0) is 30.8. The molecular formula is C32H32ClN5O4S. The van der Waals surface area contributed by atoms with Crippen LogP contribution in [0.4, 0.5) is 10.6 Å². The number of hydrogen-bond donors (Lipinski definition) is 1. The van der Waals surface area contributed by atoms with E-state index >= 15 is 0 Å². The maximum Gasteiger partial charge on any atom is 0.337 e. The highest BCUT2D eigenvalue weighted by Gasteiger charge is 2.33. The minimum Gasteiger partial charge on any atom is -0.479 e. The summed E-state index contributed by atoms with van der Waals surface area (Å²) >= 11 is 7.73. The van der Waals surface area contributed by atoms with E-state index in [0.29, 0.717) is 29.5 Å². The van der Waals surface area contributed by atoms with Gasteiger partial charge in [0.2, 0.25) is 0 Å². The Morgan fingerprint density at radius 1 is 1.07 bits per heavy atom. The molecule has 222 valence electrons. The Bertz CT molecular complexity index is 1910. The number of aryl methyl sites for hydroxylation is 2. The number of anilines is 1. The predicted molar refractivity (Wildman–Crippen MR) is 171 cm³/mol. The number of aromatic nitrogens is 3. The SMILES string of the molecule is Cc1cc2nc(-c3ccc4c(c3)c(N3CCN(C)C3=O)nn4C)sc2c(-c2ccc(Cl)cc2)c1[C@H](OC(C)(C)C)C(=O)O. The van der Waals surface area contributed by atoms with Gasteiger partial charge in [0.25, 0.3) is 0 Å². The topological polar surface area (TPSA) is 101 Å². The minimum absolute atomic E-state index is 0.0774. The normalized spacial score (nSPS) is 14.8. The number of urea groups is 1. The molecule has 5 aromatic rings. The smallest absolute Gasteiger partial charge is 0.337 e. The highest BCUT2D eigenvalue weighted by Crippen LogP contribution is 2.45. The number of carboxylic acids is 1. The number of thiazole rings is 1. The van der Waals surface area contributed by atoms with Crippen LogP contribution in [0, 0.1) is 6.92 Å². The molecule has 1 N–H and O–H groups in total. The molecule has 2 aromatic heterocycles. The molecule has 11 heteroatoms. The lowest BCUT2D eigenvalue weighted by atomic mass is 9.91. The lowest BCUT2D eigenvalue weighted by Gasteiger charge is -2.28. The summed E-state index contributed by atoms with van der Waals surface area (Å²) in [4.78, 5) is 33.9. The molecule has 0 radical (unpaired) electrons. The molecule has 43 heavy (non-hydrogen) atoms. The lowest BCUT2D eigenvalue weighted by Crippen LogP contribution is -2.29. The van der Waals surface area contributed by atoms with Gasteiger partial charge in [0.15, 0.2) is 11.9 Å². The third-order valence-electron chi connectivity index (χ3n) is 7.57. The Kier molecular flexibility index (Phi) is 7.19. The number of amides is 2. The Morgan fingerprint density at radius 2 is 1.77 bits per heavy atom. The summed E-state index contributed by atoms with van der Waals surface area (Å²) in [6.45, 7) is 8.65. The first-order valence-corrected chi connectivity index (χ1v) is 15.1. The molecule has 0 spiro atoms. The maximum absolute atomic E-state index is 12.8. The number of nitrogens with zero attached hydrogens (tertiary/aromatic N) is 5. The van der Waals surface area contributed by atoms with Gasteiger partial charge in [-0.3, -0.25) is 9.58 Å². The first-order valence-electron chi connectivity index (χ1n) is 13.9. The first kappa shape index (κ1) is 29.1. The van der Waals surface area contributed by atoms with Crippen LogP contribution in [0.5, 0.6) is 0 Å². The summed E-state index contributed by atoms with van der Waals surface area (Å²) in [5, 5.41) is 17.2. The van der Waals surface area contributed by atoms with Gasteiger partial charge in [-0.05, 0) is 75.2 Å². The standard InChI is InChI=1S/C32H32ClN5O4S/c1-17-15-22-27(25(18-7-10-20(33)11-8-18)24(17)26(30(39)40)42-32(2,3)4)43-29(34-22)19-9-12-23-21(16-19)28(35-37(23)6)38-14-13-36(5)31(38)41/h7-12,15-16,26H,13-14H2,1-6H3,(H,39,40)/t26-/m0/s1. The zero-order valence-corrected chi connectivity index (χ0v) is 26.4. The van der Waals surface area contributed by atoms with Gasteiger partial charge in [-0.1, -0.05) is 23.7 Å². The maximum atomic E-state index is 12.8. The van der Waals surface area contributed by atoms with Crippen molar-refractivity contribution < 1.29 is 19.4 Å². The van der Waals surface area contributed by atoms with Crippen molar-refractivity contribution in [3.05, 3.63) is 64.7 Å². The number of ether oxygens (including phenoxy) is 1. The molecule has 0 bridgehead atoms. The van der Waals surface area contributed by atoms with Crippen LogP contribution in [0.1, 0.15) is 38.0 Å². The van der Waals surface area contributed by atoms with Crippen LogP contribution in [-0.2, 0) is 16.6 Å². The number of halogens is 1. The van der Waals surface area contributed by atoms with Crippen molar-refractivity contribution in [3.8, 4) is 21.7 Å². The number of fused-ring (bicyclic) bond motifs is 2. The molecule has 1 atom stereocenters. The van der Waals surface area contributed by atoms with Gasteiger partial charge < -0.3 is 14.7 Å². The molecule has 1 aliphatic rings. The van der Waals surface area contributed by atoms with Crippen LogP contribution in [0.3, 0.4) is 0 Å². The lowest BCUT2D eigenvalue weighted by molar-refractivity contribution is -0.160. The highest BCUT2D eigenvalue weighted by atomic mass is 35.5. The second-order valence-corrected chi connectivity index (χ2v) is 13.3. The Morgan fingerprint density at radius 3 is 2.40 bits per heavy atom. The van der Waals surface area contributed by atoms with Crippen LogP contribution >= 0.6 is 22.9 Å². The Balaban J connectivity index is 1.56. The van der Waals surface area contributed by atoms with Gasteiger partial charge in [-0.25, -0.2) is 14.6 Å². The summed E-state index contributed by atoms with van der Waals surface area (Å²) in [5.74, 6) is -0.438. The fraction of sp³-hybridized carbons (Fsp3) is 0.312. The number of carboxylic acid groups (broad SMARTS) is 1. The average Bonchev–Trinajstić information content (AvgIpc) is 3.61. The second kappa shape index (κ2) is 10.6. The van der Waals surface area contributed by atoms with Gasteiger partial charge in [-0.2, -0.15) is 5.10 Å². The molecule has 1 fully saturated rings. The number of carbonyl (C=O) groups excluding carboxylic acids is 1. The quantitative estimate of drug-likeness (QED) is 0.215. The first-order chi connectivity index (χ1) is 20.3. The molecule has 3 aromatic carbocycles. The van der Waals surface area contributed by atoms with Crippen LogP contribution in [-0.4, -0.2) is 62.5 Å². The largest absolute Gasteiger partial charge is 0.479 e. The number of hydrogen-bond acceptors (Lipinski definition) is 6. The number of carbonyl (C=O) groups is 2.